The van der Waals surface area contributed by atoms with Gasteiger partial charge in [0.25, 0.3) is 0 Å². The van der Waals surface area contributed by atoms with Crippen molar-refractivity contribution in [1.82, 2.24) is 4.31 Å². The molecule has 1 heterocycles. The molecule has 126 valence electrons. The highest BCUT2D eigenvalue weighted by Crippen LogP contribution is 2.29. The van der Waals surface area contributed by atoms with Gasteiger partial charge in [-0.1, -0.05) is 0 Å². The molecule has 0 radical (unpaired) electrons. The minimum absolute atomic E-state index is 0.181. The molecule has 0 bridgehead atoms. The Kier molecular flexibility index (Phi) is 5.41. The molecule has 0 aliphatic heterocycles. The quantitative estimate of drug-likeness (QED) is 0.800. The van der Waals surface area contributed by atoms with Crippen LogP contribution in [0.2, 0.25) is 0 Å². The minimum Gasteiger partial charge on any atom is -0.462 e. The summed E-state index contributed by atoms with van der Waals surface area (Å²) < 4.78 is 32.3. The van der Waals surface area contributed by atoms with Crippen LogP contribution in [0.5, 0.6) is 0 Å². The number of ether oxygens (including phenoxy) is 1. The summed E-state index contributed by atoms with van der Waals surface area (Å²) in [4.78, 5) is 12.4. The Hall–Kier alpha value is -1.48. The summed E-state index contributed by atoms with van der Waals surface area (Å²) >= 11 is 1.28. The van der Waals surface area contributed by atoms with E-state index in [1.54, 1.807) is 38.1 Å². The van der Waals surface area contributed by atoms with Gasteiger partial charge in [-0.15, -0.1) is 11.3 Å². The van der Waals surface area contributed by atoms with Gasteiger partial charge < -0.3 is 10.5 Å². The summed E-state index contributed by atoms with van der Waals surface area (Å²) in [5.41, 5.74) is 5.55. The third kappa shape index (κ3) is 3.55. The van der Waals surface area contributed by atoms with Crippen LogP contribution >= 0.6 is 11.3 Å². The largest absolute Gasteiger partial charge is 0.462 e. The molecule has 0 spiro atoms. The second-order valence-corrected chi connectivity index (χ2v) is 8.22. The van der Waals surface area contributed by atoms with Crippen LogP contribution < -0.4 is 5.73 Å². The van der Waals surface area contributed by atoms with Crippen LogP contribution in [0.25, 0.3) is 10.1 Å². The third-order valence-electron chi connectivity index (χ3n) is 3.60. The first kappa shape index (κ1) is 17.9. The second kappa shape index (κ2) is 6.96. The first-order chi connectivity index (χ1) is 10.8. The fourth-order valence-electron chi connectivity index (χ4n) is 2.04. The van der Waals surface area contributed by atoms with E-state index in [1.807, 2.05) is 0 Å². The maximum absolute atomic E-state index is 12.6. The van der Waals surface area contributed by atoms with E-state index in [9.17, 15) is 13.2 Å². The van der Waals surface area contributed by atoms with Crippen LogP contribution in [0.4, 0.5) is 0 Å². The monoisotopic (exact) mass is 356 g/mol. The summed E-state index contributed by atoms with van der Waals surface area (Å²) in [6.07, 6.45) is 0. The number of nitrogens with two attached hydrogens (primary N) is 1. The van der Waals surface area contributed by atoms with E-state index >= 15 is 0 Å². The first-order valence-corrected chi connectivity index (χ1v) is 9.45. The van der Waals surface area contributed by atoms with E-state index < -0.39 is 16.0 Å². The van der Waals surface area contributed by atoms with Crippen LogP contribution in [0.3, 0.4) is 0 Å². The summed E-state index contributed by atoms with van der Waals surface area (Å²) in [6.45, 7) is 4.03. The smallest absolute Gasteiger partial charge is 0.348 e. The van der Waals surface area contributed by atoms with E-state index in [-0.39, 0.29) is 17.5 Å². The van der Waals surface area contributed by atoms with E-state index in [2.05, 4.69) is 0 Å². The lowest BCUT2D eigenvalue weighted by atomic mass is 10.2. The van der Waals surface area contributed by atoms with Crippen molar-refractivity contribution in [3.8, 4) is 0 Å². The molecule has 0 saturated carbocycles. The van der Waals surface area contributed by atoms with Gasteiger partial charge in [0, 0.05) is 24.3 Å². The molecular formula is C15H20N2O4S2. The summed E-state index contributed by atoms with van der Waals surface area (Å²) in [5.74, 6) is -0.396. The zero-order valence-electron chi connectivity index (χ0n) is 13.3. The molecule has 1 unspecified atom stereocenters. The van der Waals surface area contributed by atoms with Gasteiger partial charge in [-0.2, -0.15) is 4.31 Å². The number of nitrogens with zero attached hydrogens (tertiary/aromatic N) is 1. The number of carbonyl (C=O) groups is 1. The Bertz CT molecular complexity index is 814. The van der Waals surface area contributed by atoms with Crippen molar-refractivity contribution in [1.29, 1.82) is 0 Å². The molecule has 1 aromatic heterocycles. The van der Waals surface area contributed by atoms with Gasteiger partial charge in [-0.05, 0) is 43.5 Å². The van der Waals surface area contributed by atoms with Crippen molar-refractivity contribution in [2.45, 2.75) is 24.8 Å². The van der Waals surface area contributed by atoms with Crippen molar-refractivity contribution in [3.05, 3.63) is 29.1 Å². The average Bonchev–Trinajstić information content (AvgIpc) is 2.96. The van der Waals surface area contributed by atoms with E-state index in [0.29, 0.717) is 16.9 Å². The summed E-state index contributed by atoms with van der Waals surface area (Å²) in [7, 11) is -2.11. The number of likely N-dealkylation sites (N-methyl/N-ethyl adjacent to an activating group) is 1. The fourth-order valence-corrected chi connectivity index (χ4v) is 4.38. The Balaban J connectivity index is 2.42. The molecule has 0 saturated heterocycles. The highest BCUT2D eigenvalue weighted by atomic mass is 32.2. The van der Waals surface area contributed by atoms with Crippen LogP contribution in [-0.2, 0) is 14.8 Å². The van der Waals surface area contributed by atoms with Crippen LogP contribution in [0.15, 0.2) is 29.2 Å². The SMILES string of the molecule is CCOC(=O)c1cc2cc(S(=O)(=O)N(C)C(C)CN)ccc2s1. The Morgan fingerprint density at radius 3 is 2.70 bits per heavy atom. The molecule has 8 heteroatoms. The molecular weight excluding hydrogens is 336 g/mol. The lowest BCUT2D eigenvalue weighted by molar-refractivity contribution is 0.0532. The summed E-state index contributed by atoms with van der Waals surface area (Å²) in [6, 6.07) is 6.18. The number of benzene rings is 1. The van der Waals surface area contributed by atoms with Gasteiger partial charge in [0.15, 0.2) is 0 Å². The van der Waals surface area contributed by atoms with Gasteiger partial charge in [-0.3, -0.25) is 0 Å². The number of sulfonamides is 1. The molecule has 1 atom stereocenters. The molecule has 0 aliphatic carbocycles. The van der Waals surface area contributed by atoms with Gasteiger partial charge in [0.05, 0.1) is 11.5 Å². The molecule has 2 rings (SSSR count). The van der Waals surface area contributed by atoms with Gasteiger partial charge in [-0.25, -0.2) is 13.2 Å². The normalized spacial score (nSPS) is 13.4. The zero-order chi connectivity index (χ0) is 17.2. The molecule has 0 fully saturated rings. The maximum Gasteiger partial charge on any atom is 0.348 e. The Morgan fingerprint density at radius 2 is 2.09 bits per heavy atom. The molecule has 1 aromatic carbocycles. The van der Waals surface area contributed by atoms with Crippen LogP contribution in [0.1, 0.15) is 23.5 Å². The highest BCUT2D eigenvalue weighted by molar-refractivity contribution is 7.89. The van der Waals surface area contributed by atoms with Gasteiger partial charge >= 0.3 is 5.97 Å². The fraction of sp³-hybridized carbons (Fsp3) is 0.400. The number of esters is 1. The maximum atomic E-state index is 12.6. The Labute approximate surface area is 139 Å². The standard InChI is InChI=1S/C15H20N2O4S2/c1-4-21-15(18)14-8-11-7-12(5-6-13(11)22-14)23(19,20)17(3)10(2)9-16/h5-8,10H,4,9,16H2,1-3H3. The molecule has 2 N–H and O–H groups in total. The summed E-state index contributed by atoms with van der Waals surface area (Å²) in [5, 5.41) is 0.702. The predicted molar refractivity (Wildman–Crippen MR) is 91.2 cm³/mol. The molecule has 2 aromatic rings. The molecule has 6 nitrogen and oxygen atoms in total. The van der Waals surface area contributed by atoms with E-state index in [4.69, 9.17) is 10.5 Å². The van der Waals surface area contributed by atoms with E-state index in [0.717, 1.165) is 4.70 Å². The third-order valence-corrected chi connectivity index (χ3v) is 6.67. The number of hydrogen-bond donors (Lipinski definition) is 1. The van der Waals surface area contributed by atoms with Crippen molar-refractivity contribution in [2.75, 3.05) is 20.2 Å². The van der Waals surface area contributed by atoms with Gasteiger partial charge in [0.2, 0.25) is 10.0 Å². The number of rotatable bonds is 6. The van der Waals surface area contributed by atoms with Crippen molar-refractivity contribution in [2.24, 2.45) is 5.73 Å². The van der Waals surface area contributed by atoms with Crippen LogP contribution in [0, 0.1) is 0 Å². The lowest BCUT2D eigenvalue weighted by Gasteiger charge is -2.23. The topological polar surface area (TPSA) is 89.7 Å². The van der Waals surface area contributed by atoms with Crippen molar-refractivity contribution in [3.63, 3.8) is 0 Å². The molecule has 0 aliphatic rings. The number of carbonyl (C=O) groups excluding carboxylic acids is 1. The second-order valence-electron chi connectivity index (χ2n) is 5.14. The molecule has 0 amide bonds. The Morgan fingerprint density at radius 1 is 1.39 bits per heavy atom. The van der Waals surface area contributed by atoms with Gasteiger partial charge in [0.1, 0.15) is 4.88 Å². The number of thiophene rings is 1. The number of hydrogen-bond acceptors (Lipinski definition) is 6. The molecule has 23 heavy (non-hydrogen) atoms. The van der Waals surface area contributed by atoms with E-state index in [1.165, 1.54) is 22.7 Å². The predicted octanol–water partition coefficient (Wildman–Crippen LogP) is 2.05. The number of fused-ring (bicyclic) bond motifs is 1. The lowest BCUT2D eigenvalue weighted by Crippen LogP contribution is -2.39. The minimum atomic E-state index is -3.62. The highest BCUT2D eigenvalue weighted by Gasteiger charge is 2.25. The van der Waals surface area contributed by atoms with Crippen LogP contribution in [-0.4, -0.2) is 44.9 Å². The average molecular weight is 356 g/mol. The van der Waals surface area contributed by atoms with Crippen molar-refractivity contribution >= 4 is 37.4 Å². The zero-order valence-corrected chi connectivity index (χ0v) is 14.9. The first-order valence-electron chi connectivity index (χ1n) is 7.20. The van der Waals surface area contributed by atoms with Crippen molar-refractivity contribution < 1.29 is 17.9 Å².